The van der Waals surface area contributed by atoms with E-state index in [1.165, 1.54) is 18.1 Å². The van der Waals surface area contributed by atoms with Gasteiger partial charge in [-0.25, -0.2) is 4.98 Å². The Labute approximate surface area is 177 Å². The van der Waals surface area contributed by atoms with E-state index < -0.39 is 11.7 Å². The number of hydrogen-bond acceptors (Lipinski definition) is 5. The van der Waals surface area contributed by atoms with Crippen molar-refractivity contribution in [1.82, 2.24) is 14.9 Å². The predicted molar refractivity (Wildman–Crippen MR) is 111 cm³/mol. The van der Waals surface area contributed by atoms with Gasteiger partial charge >= 0.3 is 6.18 Å². The van der Waals surface area contributed by atoms with Gasteiger partial charge in [-0.3, -0.25) is 9.78 Å². The number of nitrogens with two attached hydrogens (primary N) is 1. The minimum Gasteiger partial charge on any atom is -0.383 e. The van der Waals surface area contributed by atoms with Gasteiger partial charge in [0.05, 0.1) is 36.0 Å². The summed E-state index contributed by atoms with van der Waals surface area (Å²) in [6.07, 6.45) is -3.70. The standard InChI is InChI=1S/C22H23F3N4O2/c1-13-8-16-9-15(4-7-19(16)28-20(13)26)21(30)29(14(2)12-31-3)11-18-6-5-17(10-27-18)22(23,24)25/h4-10,14H,11-12H2,1-3H3,(H2,26,28). The van der Waals surface area contributed by atoms with Crippen molar-refractivity contribution in [3.05, 3.63) is 65.0 Å². The normalized spacial score (nSPS) is 12.7. The maximum Gasteiger partial charge on any atom is 0.417 e. The van der Waals surface area contributed by atoms with Crippen molar-refractivity contribution < 1.29 is 22.7 Å². The SMILES string of the molecule is COCC(C)N(Cc1ccc(C(F)(F)F)cn1)C(=O)c1ccc2nc(N)c(C)cc2c1. The zero-order chi connectivity index (χ0) is 22.8. The first kappa shape index (κ1) is 22.5. The van der Waals surface area contributed by atoms with Gasteiger partial charge in [-0.1, -0.05) is 0 Å². The quantitative estimate of drug-likeness (QED) is 0.631. The van der Waals surface area contributed by atoms with Gasteiger partial charge in [-0.05, 0) is 55.8 Å². The number of nitrogen functional groups attached to an aromatic ring is 1. The van der Waals surface area contributed by atoms with Gasteiger partial charge in [0.1, 0.15) is 5.82 Å². The van der Waals surface area contributed by atoms with Crippen LogP contribution in [0.25, 0.3) is 10.9 Å². The van der Waals surface area contributed by atoms with Crippen LogP contribution in [0.5, 0.6) is 0 Å². The highest BCUT2D eigenvalue weighted by molar-refractivity contribution is 5.98. The van der Waals surface area contributed by atoms with E-state index in [-0.39, 0.29) is 25.1 Å². The molecule has 0 aliphatic heterocycles. The summed E-state index contributed by atoms with van der Waals surface area (Å²) >= 11 is 0. The number of methoxy groups -OCH3 is 1. The molecule has 2 heterocycles. The first-order valence-electron chi connectivity index (χ1n) is 9.59. The summed E-state index contributed by atoms with van der Waals surface area (Å²) in [7, 11) is 1.52. The average molecular weight is 432 g/mol. The second kappa shape index (κ2) is 8.89. The van der Waals surface area contributed by atoms with Crippen LogP contribution >= 0.6 is 0 Å². The number of hydrogen-bond donors (Lipinski definition) is 1. The van der Waals surface area contributed by atoms with E-state index >= 15 is 0 Å². The zero-order valence-electron chi connectivity index (χ0n) is 17.4. The molecular weight excluding hydrogens is 409 g/mol. The molecule has 3 aromatic rings. The van der Waals surface area contributed by atoms with Crippen molar-refractivity contribution in [2.24, 2.45) is 0 Å². The van der Waals surface area contributed by atoms with E-state index in [2.05, 4.69) is 9.97 Å². The van der Waals surface area contributed by atoms with Crippen LogP contribution in [-0.4, -0.2) is 40.5 Å². The van der Waals surface area contributed by atoms with E-state index in [0.717, 1.165) is 23.2 Å². The van der Waals surface area contributed by atoms with Crippen molar-refractivity contribution in [3.8, 4) is 0 Å². The number of fused-ring (bicyclic) bond motifs is 1. The molecule has 6 nitrogen and oxygen atoms in total. The molecule has 31 heavy (non-hydrogen) atoms. The monoisotopic (exact) mass is 432 g/mol. The second-order valence-electron chi connectivity index (χ2n) is 7.37. The summed E-state index contributed by atoms with van der Waals surface area (Å²) in [6.45, 7) is 3.94. The third kappa shape index (κ3) is 5.11. The molecule has 0 fully saturated rings. The Kier molecular flexibility index (Phi) is 6.45. The van der Waals surface area contributed by atoms with Gasteiger partial charge in [-0.15, -0.1) is 0 Å². The number of halogens is 3. The predicted octanol–water partition coefficient (Wildman–Crippen LogP) is 4.22. The number of ether oxygens (including phenoxy) is 1. The Hall–Kier alpha value is -3.20. The Morgan fingerprint density at radius 3 is 2.58 bits per heavy atom. The van der Waals surface area contributed by atoms with Crippen molar-refractivity contribution in [1.29, 1.82) is 0 Å². The van der Waals surface area contributed by atoms with E-state index in [0.29, 0.717) is 22.6 Å². The summed E-state index contributed by atoms with van der Waals surface area (Å²) in [5, 5.41) is 0.768. The summed E-state index contributed by atoms with van der Waals surface area (Å²) < 4.78 is 43.6. The molecule has 1 amide bonds. The third-order valence-corrected chi connectivity index (χ3v) is 4.98. The number of aryl methyl sites for hydroxylation is 1. The van der Waals surface area contributed by atoms with Gasteiger partial charge in [0.15, 0.2) is 0 Å². The lowest BCUT2D eigenvalue weighted by molar-refractivity contribution is -0.137. The fraction of sp³-hybridized carbons (Fsp3) is 0.318. The molecule has 1 aromatic carbocycles. The van der Waals surface area contributed by atoms with Crippen LogP contribution in [0.1, 0.15) is 34.1 Å². The number of rotatable bonds is 6. The van der Waals surface area contributed by atoms with Crippen molar-refractivity contribution >= 4 is 22.6 Å². The van der Waals surface area contributed by atoms with Gasteiger partial charge in [0, 0.05) is 24.3 Å². The lowest BCUT2D eigenvalue weighted by Crippen LogP contribution is -2.40. The highest BCUT2D eigenvalue weighted by atomic mass is 19.4. The maximum atomic E-state index is 13.3. The number of carbonyl (C=O) groups excluding carboxylic acids is 1. The van der Waals surface area contributed by atoms with Crippen molar-refractivity contribution in [2.75, 3.05) is 19.5 Å². The Morgan fingerprint density at radius 1 is 1.23 bits per heavy atom. The van der Waals surface area contributed by atoms with Crippen LogP contribution in [0.15, 0.2) is 42.6 Å². The summed E-state index contributed by atoms with van der Waals surface area (Å²) in [4.78, 5) is 23.0. The summed E-state index contributed by atoms with van der Waals surface area (Å²) in [5.41, 5.74) is 7.25. The first-order valence-corrected chi connectivity index (χ1v) is 9.59. The van der Waals surface area contributed by atoms with Crippen LogP contribution in [0.4, 0.5) is 19.0 Å². The Morgan fingerprint density at radius 2 is 1.97 bits per heavy atom. The number of benzene rings is 1. The van der Waals surface area contributed by atoms with Gasteiger partial charge in [0.2, 0.25) is 0 Å². The molecular formula is C22H23F3N4O2. The first-order chi connectivity index (χ1) is 14.6. The van der Waals surface area contributed by atoms with Crippen molar-refractivity contribution in [3.63, 3.8) is 0 Å². The largest absolute Gasteiger partial charge is 0.417 e. The van der Waals surface area contributed by atoms with Crippen LogP contribution in [-0.2, 0) is 17.5 Å². The van der Waals surface area contributed by atoms with E-state index in [4.69, 9.17) is 10.5 Å². The molecule has 0 saturated heterocycles. The molecule has 9 heteroatoms. The molecule has 0 saturated carbocycles. The fourth-order valence-corrected chi connectivity index (χ4v) is 3.22. The number of anilines is 1. The van der Waals surface area contributed by atoms with E-state index in [9.17, 15) is 18.0 Å². The van der Waals surface area contributed by atoms with Gasteiger partial charge in [0.25, 0.3) is 5.91 Å². The number of aromatic nitrogens is 2. The smallest absolute Gasteiger partial charge is 0.383 e. The molecule has 0 spiro atoms. The minimum atomic E-state index is -4.47. The molecule has 1 unspecified atom stereocenters. The maximum absolute atomic E-state index is 13.3. The number of nitrogens with zero attached hydrogens (tertiary/aromatic N) is 3. The topological polar surface area (TPSA) is 81.3 Å². The number of amides is 1. The summed E-state index contributed by atoms with van der Waals surface area (Å²) in [6, 6.07) is 8.86. The Bertz CT molecular complexity index is 1080. The number of pyridine rings is 2. The molecule has 0 bridgehead atoms. The summed E-state index contributed by atoms with van der Waals surface area (Å²) in [5.74, 6) is 0.137. The second-order valence-corrected chi connectivity index (χ2v) is 7.37. The zero-order valence-corrected chi connectivity index (χ0v) is 17.4. The average Bonchev–Trinajstić information content (AvgIpc) is 2.72. The highest BCUT2D eigenvalue weighted by Crippen LogP contribution is 2.28. The molecule has 0 aliphatic carbocycles. The molecule has 0 radical (unpaired) electrons. The highest BCUT2D eigenvalue weighted by Gasteiger charge is 2.31. The molecule has 2 N–H and O–H groups in total. The van der Waals surface area contributed by atoms with Crippen LogP contribution in [0.2, 0.25) is 0 Å². The van der Waals surface area contributed by atoms with Crippen LogP contribution in [0, 0.1) is 6.92 Å². The molecule has 0 aliphatic rings. The Balaban J connectivity index is 1.92. The molecule has 2 aromatic heterocycles. The van der Waals surface area contributed by atoms with E-state index in [1.807, 2.05) is 13.0 Å². The van der Waals surface area contributed by atoms with Crippen LogP contribution in [0.3, 0.4) is 0 Å². The molecule has 1 atom stereocenters. The molecule has 3 rings (SSSR count). The van der Waals surface area contributed by atoms with Crippen molar-refractivity contribution in [2.45, 2.75) is 32.6 Å². The van der Waals surface area contributed by atoms with Gasteiger partial charge in [-0.2, -0.15) is 13.2 Å². The number of alkyl halides is 3. The van der Waals surface area contributed by atoms with Crippen LogP contribution < -0.4 is 5.73 Å². The minimum absolute atomic E-state index is 0.0402. The van der Waals surface area contributed by atoms with E-state index in [1.54, 1.807) is 25.1 Å². The third-order valence-electron chi connectivity index (χ3n) is 4.98. The lowest BCUT2D eigenvalue weighted by atomic mass is 10.1. The fourth-order valence-electron chi connectivity index (χ4n) is 3.22. The molecule has 164 valence electrons. The van der Waals surface area contributed by atoms with Gasteiger partial charge < -0.3 is 15.4 Å². The number of carbonyl (C=O) groups is 1. The lowest BCUT2D eigenvalue weighted by Gasteiger charge is -2.29.